The maximum atomic E-state index is 12.4. The third-order valence-electron chi connectivity index (χ3n) is 2.86. The summed E-state index contributed by atoms with van der Waals surface area (Å²) in [7, 11) is 0. The van der Waals surface area contributed by atoms with E-state index in [9.17, 15) is 13.2 Å². The Balaban J connectivity index is 2.16. The summed E-state index contributed by atoms with van der Waals surface area (Å²) in [5.41, 5.74) is 0.766. The highest BCUT2D eigenvalue weighted by molar-refractivity contribution is 5.57. The van der Waals surface area contributed by atoms with E-state index in [0.29, 0.717) is 5.56 Å². The third kappa shape index (κ3) is 3.36. The van der Waals surface area contributed by atoms with Crippen LogP contribution < -0.4 is 0 Å². The monoisotopic (exact) mass is 269 g/mol. The second-order valence-corrected chi connectivity index (χ2v) is 4.37. The minimum Gasteiger partial charge on any atom is -0.356 e. The van der Waals surface area contributed by atoms with E-state index in [4.69, 9.17) is 4.52 Å². The van der Waals surface area contributed by atoms with Crippen molar-refractivity contribution in [3.8, 4) is 11.3 Å². The van der Waals surface area contributed by atoms with Crippen LogP contribution in [0.3, 0.4) is 0 Å². The molecule has 1 heterocycles. The molecule has 0 aliphatic rings. The highest BCUT2D eigenvalue weighted by Gasteiger charge is 2.35. The quantitative estimate of drug-likeness (QED) is 0.803. The number of aromatic nitrogens is 1. The van der Waals surface area contributed by atoms with E-state index in [0.717, 1.165) is 25.3 Å². The number of halogens is 3. The van der Waals surface area contributed by atoms with Crippen LogP contribution in [0.1, 0.15) is 31.0 Å². The predicted molar refractivity (Wildman–Crippen MR) is 65.6 cm³/mol. The summed E-state index contributed by atoms with van der Waals surface area (Å²) in [5, 5.41) is 3.04. The average Bonchev–Trinajstić information content (AvgIpc) is 2.86. The fourth-order valence-corrected chi connectivity index (χ4v) is 1.76. The van der Waals surface area contributed by atoms with E-state index in [1.807, 2.05) is 12.1 Å². The van der Waals surface area contributed by atoms with E-state index >= 15 is 0 Å². The normalized spacial score (nSPS) is 11.8. The molecular weight excluding hydrogens is 255 g/mol. The van der Waals surface area contributed by atoms with Crippen molar-refractivity contribution in [1.82, 2.24) is 5.16 Å². The number of unbranched alkanes of at least 4 members (excludes halogenated alkanes) is 1. The van der Waals surface area contributed by atoms with Crippen molar-refractivity contribution in [2.24, 2.45) is 0 Å². The molecule has 0 saturated heterocycles. The molecule has 2 rings (SSSR count). The summed E-state index contributed by atoms with van der Waals surface area (Å²) in [6.07, 6.45) is -1.29. The van der Waals surface area contributed by atoms with E-state index in [1.54, 1.807) is 12.1 Å². The smallest absolute Gasteiger partial charge is 0.356 e. The molecule has 5 heteroatoms. The molecule has 2 aromatic rings. The Labute approximate surface area is 109 Å². The molecule has 19 heavy (non-hydrogen) atoms. The Morgan fingerprint density at radius 1 is 1.16 bits per heavy atom. The summed E-state index contributed by atoms with van der Waals surface area (Å²) in [6.45, 7) is 2.11. The minimum atomic E-state index is -4.47. The fraction of sp³-hybridized carbons (Fsp3) is 0.357. The van der Waals surface area contributed by atoms with Crippen LogP contribution in [0.15, 0.2) is 34.9 Å². The van der Waals surface area contributed by atoms with E-state index in [2.05, 4.69) is 12.1 Å². The molecule has 0 radical (unpaired) electrons. The van der Waals surface area contributed by atoms with Crippen molar-refractivity contribution < 1.29 is 17.7 Å². The van der Waals surface area contributed by atoms with Gasteiger partial charge in [0.2, 0.25) is 0 Å². The number of aryl methyl sites for hydroxylation is 1. The molecule has 0 aliphatic carbocycles. The first-order chi connectivity index (χ1) is 9.00. The Kier molecular flexibility index (Phi) is 3.93. The highest BCUT2D eigenvalue weighted by atomic mass is 19.4. The summed E-state index contributed by atoms with van der Waals surface area (Å²) in [5.74, 6) is 0.134. The lowest BCUT2D eigenvalue weighted by molar-refractivity contribution is -0.142. The number of rotatable bonds is 4. The van der Waals surface area contributed by atoms with Gasteiger partial charge in [-0.05, 0) is 18.4 Å². The standard InChI is InChI=1S/C14H14F3NO/c1-2-3-4-10-5-7-11(8-6-10)12-9-13(18-19-12)14(15,16)17/h5-9H,2-4H2,1H3. The van der Waals surface area contributed by atoms with Crippen LogP contribution in [0, 0.1) is 0 Å². The molecule has 1 aromatic heterocycles. The average molecular weight is 269 g/mol. The largest absolute Gasteiger partial charge is 0.436 e. The number of nitrogens with zero attached hydrogens (tertiary/aromatic N) is 1. The Bertz CT molecular complexity index is 528. The molecule has 0 spiro atoms. The van der Waals surface area contributed by atoms with Crippen molar-refractivity contribution in [1.29, 1.82) is 0 Å². The first kappa shape index (κ1) is 13.6. The van der Waals surface area contributed by atoms with E-state index in [1.165, 1.54) is 5.56 Å². The van der Waals surface area contributed by atoms with Gasteiger partial charge in [-0.15, -0.1) is 0 Å². The van der Waals surface area contributed by atoms with Crippen molar-refractivity contribution in [3.05, 3.63) is 41.6 Å². The van der Waals surface area contributed by atoms with Crippen LogP contribution in [0.2, 0.25) is 0 Å². The maximum absolute atomic E-state index is 12.4. The molecule has 102 valence electrons. The topological polar surface area (TPSA) is 26.0 Å². The number of hydrogen-bond acceptors (Lipinski definition) is 2. The summed E-state index contributed by atoms with van der Waals surface area (Å²) in [6, 6.07) is 8.24. The maximum Gasteiger partial charge on any atom is 0.436 e. The zero-order valence-corrected chi connectivity index (χ0v) is 10.5. The summed E-state index contributed by atoms with van der Waals surface area (Å²) >= 11 is 0. The highest BCUT2D eigenvalue weighted by Crippen LogP contribution is 2.31. The molecule has 0 fully saturated rings. The van der Waals surface area contributed by atoms with Gasteiger partial charge in [-0.2, -0.15) is 13.2 Å². The lowest BCUT2D eigenvalue weighted by Gasteiger charge is -2.01. The van der Waals surface area contributed by atoms with Crippen molar-refractivity contribution in [2.45, 2.75) is 32.4 Å². The van der Waals surface area contributed by atoms with Crippen LogP contribution in [0.25, 0.3) is 11.3 Å². The van der Waals surface area contributed by atoms with Gasteiger partial charge in [-0.3, -0.25) is 0 Å². The SMILES string of the molecule is CCCCc1ccc(-c2cc(C(F)(F)F)no2)cc1. The summed E-state index contributed by atoms with van der Waals surface area (Å²) < 4.78 is 41.9. The Hall–Kier alpha value is -1.78. The molecular formula is C14H14F3NO. The number of alkyl halides is 3. The van der Waals surface area contributed by atoms with Gasteiger partial charge in [0, 0.05) is 11.6 Å². The second-order valence-electron chi connectivity index (χ2n) is 4.37. The van der Waals surface area contributed by atoms with Gasteiger partial charge in [0.1, 0.15) is 0 Å². The van der Waals surface area contributed by atoms with Gasteiger partial charge < -0.3 is 4.52 Å². The molecule has 0 aliphatic heterocycles. The van der Waals surface area contributed by atoms with Crippen molar-refractivity contribution in [3.63, 3.8) is 0 Å². The first-order valence-corrected chi connectivity index (χ1v) is 6.14. The summed E-state index contributed by atoms with van der Waals surface area (Å²) in [4.78, 5) is 0. The Morgan fingerprint density at radius 3 is 2.37 bits per heavy atom. The fourth-order valence-electron chi connectivity index (χ4n) is 1.76. The molecule has 0 amide bonds. The molecule has 0 atom stereocenters. The van der Waals surface area contributed by atoms with Gasteiger partial charge in [0.15, 0.2) is 11.5 Å². The van der Waals surface area contributed by atoms with Gasteiger partial charge in [0.05, 0.1) is 0 Å². The van der Waals surface area contributed by atoms with Gasteiger partial charge in [0.25, 0.3) is 0 Å². The van der Waals surface area contributed by atoms with Crippen LogP contribution in [-0.2, 0) is 12.6 Å². The van der Waals surface area contributed by atoms with Crippen LogP contribution in [0.4, 0.5) is 13.2 Å². The lowest BCUT2D eigenvalue weighted by atomic mass is 10.1. The Morgan fingerprint density at radius 2 is 1.84 bits per heavy atom. The molecule has 2 nitrogen and oxygen atoms in total. The molecule has 0 bridgehead atoms. The zero-order chi connectivity index (χ0) is 13.9. The van der Waals surface area contributed by atoms with E-state index < -0.39 is 11.9 Å². The number of hydrogen-bond donors (Lipinski definition) is 0. The predicted octanol–water partition coefficient (Wildman–Crippen LogP) is 4.70. The molecule has 0 saturated carbocycles. The first-order valence-electron chi connectivity index (χ1n) is 6.14. The third-order valence-corrected chi connectivity index (χ3v) is 2.86. The van der Waals surface area contributed by atoms with Crippen molar-refractivity contribution in [2.75, 3.05) is 0 Å². The van der Waals surface area contributed by atoms with Crippen LogP contribution in [0.5, 0.6) is 0 Å². The van der Waals surface area contributed by atoms with Crippen molar-refractivity contribution >= 4 is 0 Å². The second kappa shape index (κ2) is 5.47. The number of benzene rings is 1. The van der Waals surface area contributed by atoms with Crippen LogP contribution in [-0.4, -0.2) is 5.16 Å². The van der Waals surface area contributed by atoms with Gasteiger partial charge in [-0.25, -0.2) is 0 Å². The molecule has 0 N–H and O–H groups in total. The van der Waals surface area contributed by atoms with Crippen LogP contribution >= 0.6 is 0 Å². The van der Waals surface area contributed by atoms with E-state index in [-0.39, 0.29) is 5.76 Å². The lowest BCUT2D eigenvalue weighted by Crippen LogP contribution is -2.04. The minimum absolute atomic E-state index is 0.134. The molecule has 1 aromatic carbocycles. The molecule has 0 unspecified atom stereocenters. The van der Waals surface area contributed by atoms with Gasteiger partial charge >= 0.3 is 6.18 Å². The van der Waals surface area contributed by atoms with Gasteiger partial charge in [-0.1, -0.05) is 42.8 Å². The zero-order valence-electron chi connectivity index (χ0n) is 10.5.